The molecule has 0 aromatic heterocycles. The van der Waals surface area contributed by atoms with E-state index in [1.54, 1.807) is 0 Å². The number of nitrogens with one attached hydrogen (secondary N) is 1. The van der Waals surface area contributed by atoms with E-state index in [9.17, 15) is 21.6 Å². The van der Waals surface area contributed by atoms with Crippen molar-refractivity contribution >= 4 is 10.0 Å². The molecule has 0 radical (unpaired) electrons. The number of rotatable bonds is 3. The van der Waals surface area contributed by atoms with Crippen molar-refractivity contribution in [1.82, 2.24) is 4.72 Å². The molecule has 1 aromatic carbocycles. The standard InChI is InChI=1S/C10H10F3NO3S/c11-10(12,13)6-14-18(15,16)8-1-2-9-7(5-8)3-4-17-9/h1-2,5,14H,3-4,6H2. The second-order valence-corrected chi connectivity index (χ2v) is 5.57. The van der Waals surface area contributed by atoms with Gasteiger partial charge in [0.1, 0.15) is 12.3 Å². The van der Waals surface area contributed by atoms with Gasteiger partial charge in [-0.1, -0.05) is 0 Å². The first-order chi connectivity index (χ1) is 8.28. The number of halogens is 3. The van der Waals surface area contributed by atoms with E-state index in [1.807, 2.05) is 0 Å². The molecule has 0 atom stereocenters. The molecule has 0 fully saturated rings. The highest BCUT2D eigenvalue weighted by molar-refractivity contribution is 7.89. The lowest BCUT2D eigenvalue weighted by Crippen LogP contribution is -2.33. The highest BCUT2D eigenvalue weighted by Crippen LogP contribution is 2.27. The second-order valence-electron chi connectivity index (χ2n) is 3.81. The third kappa shape index (κ3) is 2.94. The fourth-order valence-electron chi connectivity index (χ4n) is 1.59. The number of sulfonamides is 1. The maximum atomic E-state index is 12.0. The first-order valence-corrected chi connectivity index (χ1v) is 6.58. The van der Waals surface area contributed by atoms with Crippen LogP contribution in [0.25, 0.3) is 0 Å². The molecule has 0 aliphatic carbocycles. The summed E-state index contributed by atoms with van der Waals surface area (Å²) < 4.78 is 65.9. The van der Waals surface area contributed by atoms with E-state index in [4.69, 9.17) is 4.74 Å². The van der Waals surface area contributed by atoms with Gasteiger partial charge in [-0.3, -0.25) is 0 Å². The normalized spacial score (nSPS) is 15.3. The topological polar surface area (TPSA) is 55.4 Å². The lowest BCUT2D eigenvalue weighted by atomic mass is 10.2. The minimum atomic E-state index is -4.58. The molecule has 0 bridgehead atoms. The number of fused-ring (bicyclic) bond motifs is 1. The summed E-state index contributed by atoms with van der Waals surface area (Å²) >= 11 is 0. The molecular weight excluding hydrogens is 271 g/mol. The molecule has 0 saturated carbocycles. The van der Waals surface area contributed by atoms with Crippen LogP contribution in [0.3, 0.4) is 0 Å². The molecule has 1 aliphatic rings. The van der Waals surface area contributed by atoms with Gasteiger partial charge >= 0.3 is 6.18 Å². The Kier molecular flexibility index (Phi) is 3.24. The third-order valence-electron chi connectivity index (χ3n) is 2.43. The van der Waals surface area contributed by atoms with Gasteiger partial charge in [-0.2, -0.15) is 13.2 Å². The number of ether oxygens (including phenoxy) is 1. The molecule has 1 heterocycles. The van der Waals surface area contributed by atoms with E-state index in [-0.39, 0.29) is 4.90 Å². The average molecular weight is 281 g/mol. The van der Waals surface area contributed by atoms with Crippen LogP contribution in [-0.4, -0.2) is 27.7 Å². The summed E-state index contributed by atoms with van der Waals surface area (Å²) in [5.41, 5.74) is 0.685. The maximum Gasteiger partial charge on any atom is 0.402 e. The number of alkyl halides is 3. The van der Waals surface area contributed by atoms with Crippen molar-refractivity contribution in [2.45, 2.75) is 17.5 Å². The van der Waals surface area contributed by atoms with E-state index in [0.29, 0.717) is 24.3 Å². The van der Waals surface area contributed by atoms with Crippen molar-refractivity contribution in [3.63, 3.8) is 0 Å². The van der Waals surface area contributed by atoms with Gasteiger partial charge in [-0.05, 0) is 23.8 Å². The summed E-state index contributed by atoms with van der Waals surface area (Å²) in [4.78, 5) is -0.184. The largest absolute Gasteiger partial charge is 0.493 e. The van der Waals surface area contributed by atoms with Crippen LogP contribution in [0.5, 0.6) is 5.75 Å². The highest BCUT2D eigenvalue weighted by Gasteiger charge is 2.30. The minimum Gasteiger partial charge on any atom is -0.493 e. The zero-order chi connectivity index (χ0) is 13.4. The molecule has 0 unspecified atom stereocenters. The molecule has 2 rings (SSSR count). The van der Waals surface area contributed by atoms with Crippen LogP contribution in [0.2, 0.25) is 0 Å². The number of hydrogen-bond donors (Lipinski definition) is 1. The van der Waals surface area contributed by atoms with Crippen molar-refractivity contribution < 1.29 is 26.3 Å². The lowest BCUT2D eigenvalue weighted by molar-refractivity contribution is -0.121. The summed E-state index contributed by atoms with van der Waals surface area (Å²) in [6.07, 6.45) is -4.02. The maximum absolute atomic E-state index is 12.0. The molecule has 18 heavy (non-hydrogen) atoms. The molecule has 4 nitrogen and oxygen atoms in total. The Labute approximate surface area is 102 Å². The van der Waals surface area contributed by atoms with Gasteiger partial charge in [0.05, 0.1) is 11.5 Å². The van der Waals surface area contributed by atoms with Crippen LogP contribution >= 0.6 is 0 Å². The summed E-state index contributed by atoms with van der Waals surface area (Å²) in [6, 6.07) is 4.01. The minimum absolute atomic E-state index is 0.184. The van der Waals surface area contributed by atoms with Crippen LogP contribution < -0.4 is 9.46 Å². The van der Waals surface area contributed by atoms with Gasteiger partial charge in [0.25, 0.3) is 0 Å². The van der Waals surface area contributed by atoms with Gasteiger partial charge in [-0.25, -0.2) is 13.1 Å². The number of benzene rings is 1. The van der Waals surface area contributed by atoms with Gasteiger partial charge in [0.2, 0.25) is 10.0 Å². The molecule has 1 aromatic rings. The Hall–Kier alpha value is -1.28. The SMILES string of the molecule is O=S(=O)(NCC(F)(F)F)c1ccc2c(c1)CCO2. The fourth-order valence-corrected chi connectivity index (χ4v) is 2.66. The molecule has 0 saturated heterocycles. The van der Waals surface area contributed by atoms with Crippen molar-refractivity contribution in [2.24, 2.45) is 0 Å². The van der Waals surface area contributed by atoms with Crippen molar-refractivity contribution in [2.75, 3.05) is 13.2 Å². The zero-order valence-electron chi connectivity index (χ0n) is 9.12. The molecule has 0 amide bonds. The molecule has 0 spiro atoms. The van der Waals surface area contributed by atoms with Gasteiger partial charge in [-0.15, -0.1) is 0 Å². The predicted molar refractivity (Wildman–Crippen MR) is 56.9 cm³/mol. The van der Waals surface area contributed by atoms with Crippen LogP contribution in [0.1, 0.15) is 5.56 Å². The Morgan fingerprint density at radius 1 is 1.33 bits per heavy atom. The molecule has 8 heteroatoms. The first kappa shape index (κ1) is 13.2. The monoisotopic (exact) mass is 281 g/mol. The fraction of sp³-hybridized carbons (Fsp3) is 0.400. The van der Waals surface area contributed by atoms with Crippen LogP contribution in [0.4, 0.5) is 13.2 Å². The van der Waals surface area contributed by atoms with E-state index in [0.717, 1.165) is 0 Å². The van der Waals surface area contributed by atoms with E-state index < -0.39 is 22.7 Å². The van der Waals surface area contributed by atoms with Crippen molar-refractivity contribution in [3.05, 3.63) is 23.8 Å². The van der Waals surface area contributed by atoms with E-state index >= 15 is 0 Å². The van der Waals surface area contributed by atoms with Gasteiger partial charge < -0.3 is 4.74 Å². The summed E-state index contributed by atoms with van der Waals surface area (Å²) in [7, 11) is -4.14. The average Bonchev–Trinajstić information content (AvgIpc) is 2.72. The molecule has 1 aliphatic heterocycles. The van der Waals surface area contributed by atoms with E-state index in [2.05, 4.69) is 0 Å². The summed E-state index contributed by atoms with van der Waals surface area (Å²) in [5, 5.41) is 0. The number of hydrogen-bond acceptors (Lipinski definition) is 3. The van der Waals surface area contributed by atoms with Crippen LogP contribution in [0.15, 0.2) is 23.1 Å². The summed E-state index contributed by atoms with van der Waals surface area (Å²) in [5.74, 6) is 0.574. The highest BCUT2D eigenvalue weighted by atomic mass is 32.2. The van der Waals surface area contributed by atoms with Crippen LogP contribution in [0, 0.1) is 0 Å². The Balaban J connectivity index is 2.20. The second kappa shape index (κ2) is 4.43. The van der Waals surface area contributed by atoms with Gasteiger partial charge in [0, 0.05) is 6.42 Å². The zero-order valence-corrected chi connectivity index (χ0v) is 9.94. The first-order valence-electron chi connectivity index (χ1n) is 5.10. The Morgan fingerprint density at radius 2 is 2.06 bits per heavy atom. The van der Waals surface area contributed by atoms with Crippen molar-refractivity contribution in [1.29, 1.82) is 0 Å². The lowest BCUT2D eigenvalue weighted by Gasteiger charge is -2.10. The Morgan fingerprint density at radius 3 is 2.72 bits per heavy atom. The van der Waals surface area contributed by atoms with Crippen molar-refractivity contribution in [3.8, 4) is 5.75 Å². The van der Waals surface area contributed by atoms with Gasteiger partial charge in [0.15, 0.2) is 0 Å². The molecular formula is C10H10F3NO3S. The molecule has 100 valence electrons. The van der Waals surface area contributed by atoms with Crippen LogP contribution in [-0.2, 0) is 16.4 Å². The smallest absolute Gasteiger partial charge is 0.402 e. The third-order valence-corrected chi connectivity index (χ3v) is 3.83. The summed E-state index contributed by atoms with van der Waals surface area (Å²) in [6.45, 7) is -1.13. The molecule has 1 N–H and O–H groups in total. The Bertz CT molecular complexity index is 554. The quantitative estimate of drug-likeness (QED) is 0.912. The van der Waals surface area contributed by atoms with E-state index in [1.165, 1.54) is 22.9 Å². The predicted octanol–water partition coefficient (Wildman–Crippen LogP) is 1.46.